The summed E-state index contributed by atoms with van der Waals surface area (Å²) in [7, 11) is 1.75. The van der Waals surface area contributed by atoms with Crippen LogP contribution < -0.4 is 5.32 Å². The minimum atomic E-state index is -0.310. The summed E-state index contributed by atoms with van der Waals surface area (Å²) in [5.41, 5.74) is 2.47. The number of carbonyl (C=O) groups is 2. The number of nitrogens with one attached hydrogen (secondary N) is 1. The van der Waals surface area contributed by atoms with E-state index in [2.05, 4.69) is 5.32 Å². The highest BCUT2D eigenvalue weighted by molar-refractivity contribution is 6.00. The Morgan fingerprint density at radius 2 is 2.04 bits per heavy atom. The van der Waals surface area contributed by atoms with Crippen molar-refractivity contribution in [3.05, 3.63) is 29.3 Å². The van der Waals surface area contributed by atoms with Crippen LogP contribution in [0.25, 0.3) is 0 Å². The molecule has 0 radical (unpaired) electrons. The lowest BCUT2D eigenvalue weighted by Gasteiger charge is -2.31. The molecule has 2 atom stereocenters. The molecule has 1 fully saturated rings. The molecular formula is C19H26N2O3. The highest BCUT2D eigenvalue weighted by atomic mass is 16.3. The summed E-state index contributed by atoms with van der Waals surface area (Å²) < 4.78 is 0. The zero-order valence-electron chi connectivity index (χ0n) is 14.3. The Morgan fingerprint density at radius 3 is 2.83 bits per heavy atom. The zero-order valence-corrected chi connectivity index (χ0v) is 14.3. The van der Waals surface area contributed by atoms with Gasteiger partial charge >= 0.3 is 6.03 Å². The van der Waals surface area contributed by atoms with E-state index in [4.69, 9.17) is 0 Å². The highest BCUT2D eigenvalue weighted by Crippen LogP contribution is 2.26. The largest absolute Gasteiger partial charge is 0.393 e. The van der Waals surface area contributed by atoms with Gasteiger partial charge in [0.1, 0.15) is 0 Å². The predicted octanol–water partition coefficient (Wildman–Crippen LogP) is 3.22. The minimum absolute atomic E-state index is 0.152. The fourth-order valence-corrected chi connectivity index (χ4v) is 3.76. The van der Waals surface area contributed by atoms with Crippen LogP contribution in [0.3, 0.4) is 0 Å². The van der Waals surface area contributed by atoms with Crippen molar-refractivity contribution in [2.45, 2.75) is 51.0 Å². The first kappa shape index (κ1) is 17.0. The van der Waals surface area contributed by atoms with Crippen molar-refractivity contribution in [1.82, 2.24) is 4.90 Å². The number of benzene rings is 1. The van der Waals surface area contributed by atoms with Crippen LogP contribution in [0, 0.1) is 5.92 Å². The summed E-state index contributed by atoms with van der Waals surface area (Å²) in [5.74, 6) is 0.311. The molecule has 1 saturated carbocycles. The molecule has 2 aliphatic carbocycles. The Labute approximate surface area is 143 Å². The Morgan fingerprint density at radius 1 is 1.25 bits per heavy atom. The molecule has 24 heavy (non-hydrogen) atoms. The fraction of sp³-hybridized carbons (Fsp3) is 0.579. The minimum Gasteiger partial charge on any atom is -0.393 e. The van der Waals surface area contributed by atoms with Crippen molar-refractivity contribution >= 4 is 17.5 Å². The number of aryl methyl sites for hydroxylation is 1. The molecule has 1 aromatic carbocycles. The van der Waals surface area contributed by atoms with E-state index < -0.39 is 0 Å². The molecule has 0 saturated heterocycles. The molecule has 1 aromatic rings. The molecule has 130 valence electrons. The molecule has 5 nitrogen and oxygen atoms in total. The van der Waals surface area contributed by atoms with Crippen LogP contribution in [-0.4, -0.2) is 41.5 Å². The maximum absolute atomic E-state index is 12.4. The normalized spacial score (nSPS) is 23.5. The van der Waals surface area contributed by atoms with Crippen LogP contribution in [-0.2, 0) is 6.42 Å². The molecule has 0 bridgehead atoms. The Kier molecular flexibility index (Phi) is 5.19. The van der Waals surface area contributed by atoms with Gasteiger partial charge in [-0.25, -0.2) is 4.79 Å². The van der Waals surface area contributed by atoms with Crippen molar-refractivity contribution in [2.75, 3.05) is 18.9 Å². The third kappa shape index (κ3) is 3.78. The average molecular weight is 330 g/mol. The van der Waals surface area contributed by atoms with Gasteiger partial charge < -0.3 is 15.3 Å². The average Bonchev–Trinajstić information content (AvgIpc) is 2.57. The molecule has 0 heterocycles. The molecule has 2 N–H and O–H groups in total. The van der Waals surface area contributed by atoms with Gasteiger partial charge in [-0.1, -0.05) is 18.9 Å². The van der Waals surface area contributed by atoms with Crippen LogP contribution in [0.2, 0.25) is 0 Å². The van der Waals surface area contributed by atoms with Crippen LogP contribution in [0.5, 0.6) is 0 Å². The first-order valence-electron chi connectivity index (χ1n) is 8.91. The molecule has 0 aromatic heterocycles. The van der Waals surface area contributed by atoms with E-state index in [9.17, 15) is 14.7 Å². The van der Waals surface area contributed by atoms with E-state index in [0.717, 1.165) is 49.7 Å². The first-order chi connectivity index (χ1) is 11.5. The second-order valence-corrected chi connectivity index (χ2v) is 7.07. The van der Waals surface area contributed by atoms with Crippen molar-refractivity contribution in [3.63, 3.8) is 0 Å². The number of rotatable bonds is 3. The quantitative estimate of drug-likeness (QED) is 0.894. The number of fused-ring (bicyclic) bond motifs is 1. The lowest BCUT2D eigenvalue weighted by molar-refractivity contribution is 0.0575. The Hall–Kier alpha value is -1.88. The number of nitrogens with zero attached hydrogens (tertiary/aromatic N) is 1. The SMILES string of the molecule is CN(C[C@@H]1CCCC[C@H]1O)C(=O)Nc1ccc2c(c1)C(=O)CCC2. The van der Waals surface area contributed by atoms with Crippen molar-refractivity contribution < 1.29 is 14.7 Å². The van der Waals surface area contributed by atoms with E-state index in [1.54, 1.807) is 18.0 Å². The summed E-state index contributed by atoms with van der Waals surface area (Å²) in [6.07, 6.45) is 6.08. The van der Waals surface area contributed by atoms with E-state index >= 15 is 0 Å². The summed E-state index contributed by atoms with van der Waals surface area (Å²) in [4.78, 5) is 26.0. The van der Waals surface area contributed by atoms with Gasteiger partial charge in [0.05, 0.1) is 6.10 Å². The fourth-order valence-electron chi connectivity index (χ4n) is 3.76. The number of carbonyl (C=O) groups excluding carboxylic acids is 2. The van der Waals surface area contributed by atoms with E-state index in [1.807, 2.05) is 12.1 Å². The van der Waals surface area contributed by atoms with Gasteiger partial charge in [0.25, 0.3) is 0 Å². The number of hydrogen-bond acceptors (Lipinski definition) is 3. The Bertz CT molecular complexity index is 629. The van der Waals surface area contributed by atoms with Gasteiger partial charge in [-0.3, -0.25) is 4.79 Å². The lowest BCUT2D eigenvalue weighted by Crippen LogP contribution is -2.40. The monoisotopic (exact) mass is 330 g/mol. The molecule has 0 spiro atoms. The van der Waals surface area contributed by atoms with Crippen molar-refractivity contribution in [3.8, 4) is 0 Å². The topological polar surface area (TPSA) is 69.6 Å². The number of Topliss-reactive ketones (excluding diaryl/α,β-unsaturated/α-hetero) is 1. The van der Waals surface area contributed by atoms with E-state index in [1.165, 1.54) is 0 Å². The number of anilines is 1. The number of aliphatic hydroxyl groups is 1. The van der Waals surface area contributed by atoms with Crippen molar-refractivity contribution in [2.24, 2.45) is 5.92 Å². The molecule has 5 heteroatoms. The highest BCUT2D eigenvalue weighted by Gasteiger charge is 2.26. The maximum atomic E-state index is 12.4. The molecule has 3 rings (SSSR count). The number of hydrogen-bond donors (Lipinski definition) is 2. The summed E-state index contributed by atoms with van der Waals surface area (Å²) >= 11 is 0. The van der Waals surface area contributed by atoms with Gasteiger partial charge in [0.15, 0.2) is 5.78 Å². The molecule has 2 amide bonds. The first-order valence-corrected chi connectivity index (χ1v) is 8.91. The van der Waals surface area contributed by atoms with Gasteiger partial charge in [-0.05, 0) is 43.4 Å². The number of aliphatic hydroxyl groups excluding tert-OH is 1. The van der Waals surface area contributed by atoms with Crippen LogP contribution in [0.15, 0.2) is 18.2 Å². The number of amides is 2. The third-order valence-electron chi connectivity index (χ3n) is 5.24. The van der Waals surface area contributed by atoms with Crippen molar-refractivity contribution in [1.29, 1.82) is 0 Å². The van der Waals surface area contributed by atoms with E-state index in [0.29, 0.717) is 18.7 Å². The second-order valence-electron chi connectivity index (χ2n) is 7.07. The molecule has 0 aliphatic heterocycles. The van der Waals surface area contributed by atoms with Gasteiger partial charge in [-0.2, -0.15) is 0 Å². The summed E-state index contributed by atoms with van der Waals surface area (Å²) in [6.45, 7) is 0.552. The van der Waals surface area contributed by atoms with Crippen LogP contribution >= 0.6 is 0 Å². The second kappa shape index (κ2) is 7.34. The molecule has 2 aliphatic rings. The standard InChI is InChI=1S/C19H26N2O3/c1-21(12-14-5-2-3-7-17(14)22)19(24)20-15-10-9-13-6-4-8-18(23)16(13)11-15/h9-11,14,17,22H,2-8,12H2,1H3,(H,20,24)/t14-,17+/m0/s1. The maximum Gasteiger partial charge on any atom is 0.321 e. The lowest BCUT2D eigenvalue weighted by atomic mass is 9.86. The van der Waals surface area contributed by atoms with E-state index in [-0.39, 0.29) is 23.8 Å². The van der Waals surface area contributed by atoms with Gasteiger partial charge in [0, 0.05) is 37.2 Å². The smallest absolute Gasteiger partial charge is 0.321 e. The van der Waals surface area contributed by atoms with Crippen LogP contribution in [0.1, 0.15) is 54.4 Å². The molecule has 0 unspecified atom stereocenters. The third-order valence-corrected chi connectivity index (χ3v) is 5.24. The van der Waals surface area contributed by atoms with Crippen LogP contribution in [0.4, 0.5) is 10.5 Å². The number of urea groups is 1. The summed E-state index contributed by atoms with van der Waals surface area (Å²) in [6, 6.07) is 5.39. The number of ketones is 1. The predicted molar refractivity (Wildman–Crippen MR) is 93.3 cm³/mol. The summed E-state index contributed by atoms with van der Waals surface area (Å²) in [5, 5.41) is 12.9. The van der Waals surface area contributed by atoms with Gasteiger partial charge in [0.2, 0.25) is 0 Å². The van der Waals surface area contributed by atoms with Gasteiger partial charge in [-0.15, -0.1) is 0 Å². The molecular weight excluding hydrogens is 304 g/mol. The zero-order chi connectivity index (χ0) is 17.1. The Balaban J connectivity index is 1.62.